The van der Waals surface area contributed by atoms with E-state index in [1.165, 1.54) is 0 Å². The van der Waals surface area contributed by atoms with E-state index < -0.39 is 9.24 Å². The molecule has 0 aliphatic rings. The van der Waals surface area contributed by atoms with Crippen LogP contribution in [0.4, 0.5) is 0 Å². The molecule has 0 aromatic rings. The second-order valence-electron chi connectivity index (χ2n) is 2.59. The number of rotatable bonds is 3. The fourth-order valence-corrected chi connectivity index (χ4v) is 1.50. The molecule has 0 rings (SSSR count). The first kappa shape index (κ1) is 10.2. The van der Waals surface area contributed by atoms with E-state index >= 15 is 0 Å². The molecule has 5 heteroatoms. The Labute approximate surface area is 66.3 Å². The van der Waals surface area contributed by atoms with Gasteiger partial charge in [0.25, 0.3) is 9.24 Å². The van der Waals surface area contributed by atoms with Gasteiger partial charge in [-0.2, -0.15) is 13.1 Å². The van der Waals surface area contributed by atoms with Crippen LogP contribution in [-0.4, -0.2) is 14.5 Å². The molecule has 0 aliphatic carbocycles. The van der Waals surface area contributed by atoms with Gasteiger partial charge in [0.2, 0.25) is 0 Å². The first-order chi connectivity index (χ1) is 4.33. The van der Waals surface area contributed by atoms with Crippen LogP contribution in [0, 0.1) is 5.92 Å². The van der Waals surface area contributed by atoms with Crippen molar-refractivity contribution in [3.8, 4) is 0 Å². The fraction of sp³-hybridized carbons (Fsp3) is 1.00. The summed E-state index contributed by atoms with van der Waals surface area (Å²) < 4.78 is 23.1. The molecule has 0 spiro atoms. The molecule has 1 atom stereocenters. The smallest absolute Gasteiger partial charge is 0.199 e. The lowest BCUT2D eigenvalue weighted by Gasteiger charge is -2.13. The van der Waals surface area contributed by atoms with Crippen LogP contribution in [0.2, 0.25) is 0 Å². The van der Waals surface area contributed by atoms with E-state index in [0.717, 1.165) is 0 Å². The third-order valence-electron chi connectivity index (χ3n) is 1.33. The highest BCUT2D eigenvalue weighted by Gasteiger charge is 2.12. The predicted octanol–water partition coefficient (Wildman–Crippen LogP) is 1.10. The molecule has 0 aliphatic heterocycles. The topological polar surface area (TPSA) is 46.2 Å². The summed E-state index contributed by atoms with van der Waals surface area (Å²) in [5.74, 6) is 0.258. The van der Waals surface area contributed by atoms with E-state index in [1.807, 2.05) is 13.8 Å². The van der Waals surface area contributed by atoms with Gasteiger partial charge in [-0.25, -0.2) is 0 Å². The highest BCUT2D eigenvalue weighted by molar-refractivity contribution is 8.12. The van der Waals surface area contributed by atoms with Gasteiger partial charge in [-0.05, 0) is 12.8 Å². The van der Waals surface area contributed by atoms with Crippen LogP contribution >= 0.6 is 10.7 Å². The van der Waals surface area contributed by atoms with E-state index in [-0.39, 0.29) is 12.0 Å². The molecular formula is C5H12ClNO2S. The van der Waals surface area contributed by atoms with E-state index in [4.69, 9.17) is 10.7 Å². The van der Waals surface area contributed by atoms with Crippen molar-refractivity contribution in [1.82, 2.24) is 4.72 Å². The largest absolute Gasteiger partial charge is 0.297 e. The van der Waals surface area contributed by atoms with Crippen molar-refractivity contribution in [2.24, 2.45) is 5.92 Å². The van der Waals surface area contributed by atoms with Crippen molar-refractivity contribution < 1.29 is 8.42 Å². The van der Waals surface area contributed by atoms with Crippen LogP contribution in [0.15, 0.2) is 0 Å². The van der Waals surface area contributed by atoms with Gasteiger partial charge < -0.3 is 0 Å². The minimum atomic E-state index is -3.55. The zero-order chi connectivity index (χ0) is 8.36. The Bertz CT molecular complexity index is 188. The lowest BCUT2D eigenvalue weighted by atomic mass is 10.1. The summed E-state index contributed by atoms with van der Waals surface area (Å²) >= 11 is 0. The third kappa shape index (κ3) is 5.02. The Kier molecular flexibility index (Phi) is 3.62. The molecule has 0 aromatic carbocycles. The van der Waals surface area contributed by atoms with Crippen molar-refractivity contribution in [2.75, 3.05) is 0 Å². The van der Waals surface area contributed by atoms with Gasteiger partial charge in [0, 0.05) is 16.7 Å². The zero-order valence-electron chi connectivity index (χ0n) is 6.26. The van der Waals surface area contributed by atoms with Crippen LogP contribution in [-0.2, 0) is 9.24 Å². The van der Waals surface area contributed by atoms with Crippen molar-refractivity contribution >= 4 is 19.9 Å². The van der Waals surface area contributed by atoms with Crippen LogP contribution < -0.4 is 4.72 Å². The van der Waals surface area contributed by atoms with Gasteiger partial charge in [-0.15, -0.1) is 0 Å². The van der Waals surface area contributed by atoms with E-state index in [0.29, 0.717) is 0 Å². The molecule has 0 amide bonds. The molecule has 3 nitrogen and oxygen atoms in total. The van der Waals surface area contributed by atoms with Crippen LogP contribution in [0.5, 0.6) is 0 Å². The molecular weight excluding hydrogens is 174 g/mol. The lowest BCUT2D eigenvalue weighted by Crippen LogP contribution is -2.33. The Morgan fingerprint density at radius 3 is 1.80 bits per heavy atom. The molecule has 0 radical (unpaired) electrons. The molecule has 1 N–H and O–H groups in total. The summed E-state index contributed by atoms with van der Waals surface area (Å²) in [4.78, 5) is 0. The minimum absolute atomic E-state index is 0.109. The van der Waals surface area contributed by atoms with Crippen LogP contribution in [0.3, 0.4) is 0 Å². The fourth-order valence-electron chi connectivity index (χ4n) is 0.358. The summed E-state index contributed by atoms with van der Waals surface area (Å²) in [7, 11) is 1.39. The van der Waals surface area contributed by atoms with Crippen molar-refractivity contribution in [3.63, 3.8) is 0 Å². The maximum absolute atomic E-state index is 10.4. The second kappa shape index (κ2) is 3.55. The van der Waals surface area contributed by atoms with E-state index in [9.17, 15) is 8.42 Å². The summed E-state index contributed by atoms with van der Waals surface area (Å²) in [5.41, 5.74) is 0. The second-order valence-corrected chi connectivity index (χ2v) is 4.92. The molecule has 0 heterocycles. The van der Waals surface area contributed by atoms with Crippen LogP contribution in [0.1, 0.15) is 20.8 Å². The Balaban J connectivity index is 3.93. The van der Waals surface area contributed by atoms with Crippen LogP contribution in [0.25, 0.3) is 0 Å². The SMILES string of the molecule is CC(C)C(C)NS(=O)(=O)Cl. The predicted molar refractivity (Wildman–Crippen MR) is 42.2 cm³/mol. The van der Waals surface area contributed by atoms with Gasteiger partial charge in [-0.3, -0.25) is 0 Å². The molecule has 0 fully saturated rings. The standard InChI is InChI=1S/C5H12ClNO2S/c1-4(2)5(3)7-10(6,8)9/h4-5,7H,1-3H3. The summed E-state index contributed by atoms with van der Waals surface area (Å²) in [6.07, 6.45) is 0. The normalized spacial score (nSPS) is 15.7. The van der Waals surface area contributed by atoms with Gasteiger partial charge >= 0.3 is 0 Å². The lowest BCUT2D eigenvalue weighted by molar-refractivity contribution is 0.482. The Hall–Kier alpha value is 0.200. The maximum atomic E-state index is 10.4. The molecule has 62 valence electrons. The highest BCUT2D eigenvalue weighted by atomic mass is 35.7. The highest BCUT2D eigenvalue weighted by Crippen LogP contribution is 2.03. The monoisotopic (exact) mass is 185 g/mol. The van der Waals surface area contributed by atoms with Gasteiger partial charge in [0.1, 0.15) is 0 Å². The number of hydrogen-bond donors (Lipinski definition) is 1. The molecule has 0 bridgehead atoms. The molecule has 0 saturated heterocycles. The molecule has 0 saturated carbocycles. The summed E-state index contributed by atoms with van der Waals surface area (Å²) in [5, 5.41) is 0. The zero-order valence-corrected chi connectivity index (χ0v) is 7.83. The molecule has 1 unspecified atom stereocenters. The number of halogens is 1. The van der Waals surface area contributed by atoms with E-state index in [2.05, 4.69) is 4.72 Å². The van der Waals surface area contributed by atoms with Crippen molar-refractivity contribution in [2.45, 2.75) is 26.8 Å². The first-order valence-electron chi connectivity index (χ1n) is 3.05. The van der Waals surface area contributed by atoms with Crippen molar-refractivity contribution in [3.05, 3.63) is 0 Å². The number of nitrogens with one attached hydrogen (secondary N) is 1. The van der Waals surface area contributed by atoms with Gasteiger partial charge in [-0.1, -0.05) is 13.8 Å². The maximum Gasteiger partial charge on any atom is 0.297 e. The Morgan fingerprint density at radius 2 is 1.70 bits per heavy atom. The minimum Gasteiger partial charge on any atom is -0.199 e. The van der Waals surface area contributed by atoms with Gasteiger partial charge in [0.05, 0.1) is 0 Å². The summed E-state index contributed by atoms with van der Waals surface area (Å²) in [6.45, 7) is 5.60. The third-order valence-corrected chi connectivity index (χ3v) is 2.25. The van der Waals surface area contributed by atoms with Crippen molar-refractivity contribution in [1.29, 1.82) is 0 Å². The molecule has 0 aromatic heterocycles. The quantitative estimate of drug-likeness (QED) is 0.670. The average molecular weight is 186 g/mol. The number of hydrogen-bond acceptors (Lipinski definition) is 2. The first-order valence-corrected chi connectivity index (χ1v) is 5.36. The van der Waals surface area contributed by atoms with Gasteiger partial charge in [0.15, 0.2) is 0 Å². The molecule has 10 heavy (non-hydrogen) atoms. The average Bonchev–Trinajstić information content (AvgIpc) is 1.60. The van der Waals surface area contributed by atoms with E-state index in [1.54, 1.807) is 6.92 Å². The summed E-state index contributed by atoms with van der Waals surface area (Å²) in [6, 6.07) is -0.109. The Morgan fingerprint density at radius 1 is 1.30 bits per heavy atom.